The third-order valence-electron chi connectivity index (χ3n) is 18.9. The zero-order valence-corrected chi connectivity index (χ0v) is 70.4. The number of piperazine rings is 1. The number of carbonyl (C=O) groups is 3. The number of nitrogens with zero attached hydrogens (tertiary/aromatic N) is 10. The van der Waals surface area contributed by atoms with E-state index in [0.717, 1.165) is 56.0 Å². The van der Waals surface area contributed by atoms with Crippen LogP contribution in [0.1, 0.15) is 65.8 Å². The summed E-state index contributed by atoms with van der Waals surface area (Å²) in [5.41, 5.74) is 4.60. The highest BCUT2D eigenvalue weighted by Gasteiger charge is 2.28. The Labute approximate surface area is 702 Å². The summed E-state index contributed by atoms with van der Waals surface area (Å²) in [6, 6.07) is 68.5. The number of amides is 3. The van der Waals surface area contributed by atoms with Gasteiger partial charge in [0.1, 0.15) is 34.5 Å². The van der Waals surface area contributed by atoms with E-state index >= 15 is 0 Å². The van der Waals surface area contributed by atoms with Crippen LogP contribution in [0.25, 0.3) is 0 Å². The number of hydrogen-bond acceptors (Lipinski definition) is 19. The Morgan fingerprint density at radius 1 is 0.356 bits per heavy atom. The summed E-state index contributed by atoms with van der Waals surface area (Å²) in [6.07, 6.45) is 0. The van der Waals surface area contributed by atoms with Crippen LogP contribution in [0.4, 0.5) is 17.1 Å². The lowest BCUT2D eigenvalue weighted by molar-refractivity contribution is -0.135. The van der Waals surface area contributed by atoms with Gasteiger partial charge in [-0.1, -0.05) is 113 Å². The molecule has 25 nitrogen and oxygen atoms in total. The van der Waals surface area contributed by atoms with Crippen molar-refractivity contribution in [3.05, 3.63) is 253 Å². The van der Waals surface area contributed by atoms with Crippen molar-refractivity contribution >= 4 is 64.9 Å². The molecular formula is C90H122N10O15S3. The van der Waals surface area contributed by atoms with Crippen LogP contribution in [0, 0.1) is 0 Å². The molecule has 1 aliphatic rings. The molecule has 0 N–H and O–H groups in total. The number of carbonyl (C=O) groups excluding carboxylic acids is 3. The fraction of sp³-hybridized carbons (Fsp3) is 0.367. The molecule has 1 atom stereocenters. The average molecular weight is 1680 g/mol. The number of likely N-dealkylation sites (N-methyl/N-ethyl adjacent to an activating group) is 4. The molecule has 9 aromatic rings. The summed E-state index contributed by atoms with van der Waals surface area (Å²) < 4.78 is 116. The van der Waals surface area contributed by atoms with Gasteiger partial charge in [-0.15, -0.1) is 0 Å². The van der Waals surface area contributed by atoms with Crippen LogP contribution in [0.3, 0.4) is 0 Å². The molecule has 0 bridgehead atoms. The zero-order chi connectivity index (χ0) is 83.1. The van der Waals surface area contributed by atoms with E-state index < -0.39 is 30.1 Å². The van der Waals surface area contributed by atoms with Crippen molar-refractivity contribution in [2.45, 2.75) is 76.9 Å². The minimum atomic E-state index is -3.75. The molecule has 1 saturated heterocycles. The van der Waals surface area contributed by atoms with Crippen LogP contribution in [0.2, 0.25) is 0 Å². The van der Waals surface area contributed by atoms with E-state index in [9.17, 15) is 39.6 Å². The largest absolute Gasteiger partial charge is 0.494 e. The molecule has 28 heteroatoms. The highest BCUT2D eigenvalue weighted by atomic mass is 32.2. The van der Waals surface area contributed by atoms with Gasteiger partial charge in [0.15, 0.2) is 19.8 Å². The Hall–Kier alpha value is -10.7. The number of sulfonamides is 3. The highest BCUT2D eigenvalue weighted by Crippen LogP contribution is 2.31. The summed E-state index contributed by atoms with van der Waals surface area (Å²) >= 11 is 0. The molecule has 10 rings (SSSR count). The predicted octanol–water partition coefficient (Wildman–Crippen LogP) is 13.4. The fourth-order valence-corrected chi connectivity index (χ4v) is 15.6. The summed E-state index contributed by atoms with van der Waals surface area (Å²) in [6.45, 7) is 15.3. The molecule has 1 fully saturated rings. The van der Waals surface area contributed by atoms with Gasteiger partial charge in [0.25, 0.3) is 47.8 Å². The smallest absolute Gasteiger partial charge is 0.264 e. The van der Waals surface area contributed by atoms with E-state index in [1.807, 2.05) is 155 Å². The van der Waals surface area contributed by atoms with E-state index in [1.54, 1.807) is 126 Å². The minimum Gasteiger partial charge on any atom is -0.494 e. The van der Waals surface area contributed by atoms with E-state index in [2.05, 4.69) is 16.8 Å². The van der Waals surface area contributed by atoms with Crippen molar-refractivity contribution in [3.63, 3.8) is 0 Å². The Morgan fingerprint density at radius 2 is 0.653 bits per heavy atom. The number of ether oxygens (including phenoxy) is 6. The highest BCUT2D eigenvalue weighted by molar-refractivity contribution is 7.93. The van der Waals surface area contributed by atoms with E-state index in [-0.39, 0.29) is 80.6 Å². The van der Waals surface area contributed by atoms with Crippen LogP contribution >= 0.6 is 0 Å². The Morgan fingerprint density at radius 3 is 0.966 bits per heavy atom. The van der Waals surface area contributed by atoms with Gasteiger partial charge in [0.2, 0.25) is 0 Å². The third-order valence-corrected chi connectivity index (χ3v) is 24.3. The second kappa shape index (κ2) is 48.2. The van der Waals surface area contributed by atoms with Crippen molar-refractivity contribution in [3.8, 4) is 34.5 Å². The predicted molar refractivity (Wildman–Crippen MR) is 472 cm³/mol. The molecule has 0 saturated carbocycles. The molecule has 1 aliphatic heterocycles. The SMILES string of the molecule is C.C.C.CCOc1ccc(S(=O)(=O)N(C)c2ccc(OCC(=O)N(C)C(CN(C)C)c3ccccc3)cc2)cc1.CCOc1ccc(S(=O)(=O)N(C)c2ccc(OCC(=O)N(CCN(C)C)Cc3ccccc3)cc2)cc1.CCOc1ccc(S(=O)(=O)N(C)c2ccc(OCC(=O)N(CCN3CCN(C)CC3)Cc3ccccc3)cc2)cc1. The van der Waals surface area contributed by atoms with Crippen molar-refractivity contribution in [2.75, 3.05) is 175 Å². The molecule has 118 heavy (non-hydrogen) atoms. The van der Waals surface area contributed by atoms with Crippen LogP contribution in [-0.2, 0) is 57.5 Å². The quantitative estimate of drug-likeness (QED) is 0.0349. The molecule has 0 aromatic heterocycles. The van der Waals surface area contributed by atoms with Gasteiger partial charge >= 0.3 is 0 Å². The monoisotopic (exact) mass is 1680 g/mol. The number of hydrogen-bond donors (Lipinski definition) is 0. The maximum Gasteiger partial charge on any atom is 0.264 e. The van der Waals surface area contributed by atoms with Crippen LogP contribution < -0.4 is 41.3 Å². The van der Waals surface area contributed by atoms with Gasteiger partial charge in [-0.2, -0.15) is 0 Å². The van der Waals surface area contributed by atoms with Crippen LogP contribution in [0.5, 0.6) is 34.5 Å². The molecule has 9 aromatic carbocycles. The topological polar surface area (TPSA) is 241 Å². The maximum absolute atomic E-state index is 13.3. The molecule has 640 valence electrons. The lowest BCUT2D eigenvalue weighted by atomic mass is 10.1. The van der Waals surface area contributed by atoms with Gasteiger partial charge in [-0.3, -0.25) is 32.2 Å². The number of benzene rings is 9. The second-order valence-corrected chi connectivity index (χ2v) is 33.6. The zero-order valence-electron chi connectivity index (χ0n) is 67.9. The molecule has 0 spiro atoms. The van der Waals surface area contributed by atoms with E-state index in [0.29, 0.717) is 104 Å². The van der Waals surface area contributed by atoms with Crippen molar-refractivity contribution in [1.29, 1.82) is 0 Å². The standard InChI is InChI=1S/C31H40N4O5S.2C28H35N3O5S.3CH4/c1-4-39-28-14-16-30(17-15-28)41(37,38)33(3)27-10-12-29(13-11-27)40-25-31(36)35(24-26-8-6-5-7-9-26)23-22-34-20-18-32(2)19-21-34;1-6-35-24-16-18-26(19-17-24)37(33,34)31(5)23-12-14-25(15-13-23)36-21-28(32)30(4)27(20-29(2)3)22-10-8-7-9-11-22;1-5-35-25-15-17-27(18-16-25)37(33,34)30(4)24-11-13-26(14-12-24)36-22-28(32)31(20-19-29(2)3)21-23-9-7-6-8-10-23;;;/h5-17H,4,18-25H2,1-3H3;7-19,27H,6,20-21H2,1-5H3;6-18H,5,19-22H2,1-4H3;3*1H4. The first-order valence-electron chi connectivity index (χ1n) is 38.1. The molecule has 1 unspecified atom stereocenters. The van der Waals surface area contributed by atoms with E-state index in [1.165, 1.54) is 70.5 Å². The Kier molecular flexibility index (Phi) is 40.0. The molecule has 3 amide bonds. The van der Waals surface area contributed by atoms with Gasteiger partial charge in [0, 0.05) is 100 Å². The summed E-state index contributed by atoms with van der Waals surface area (Å²) in [7, 11) is 5.04. The van der Waals surface area contributed by atoms with Gasteiger partial charge < -0.3 is 57.8 Å². The number of rotatable bonds is 38. The van der Waals surface area contributed by atoms with Crippen molar-refractivity contribution < 1.29 is 68.1 Å². The van der Waals surface area contributed by atoms with Crippen molar-refractivity contribution in [1.82, 2.24) is 34.3 Å². The molecule has 1 heterocycles. The minimum absolute atomic E-state index is 0. The van der Waals surface area contributed by atoms with Gasteiger partial charge in [-0.25, -0.2) is 25.3 Å². The Balaban J connectivity index is 0.000000312. The normalized spacial score (nSPS) is 12.4. The fourth-order valence-electron chi connectivity index (χ4n) is 12.0. The maximum atomic E-state index is 13.3. The van der Waals surface area contributed by atoms with Crippen LogP contribution in [-0.4, -0.2) is 239 Å². The summed E-state index contributed by atoms with van der Waals surface area (Å²) in [5.74, 6) is 2.92. The van der Waals surface area contributed by atoms with Gasteiger partial charge in [-0.05, 0) is 218 Å². The number of anilines is 3. The first kappa shape index (κ1) is 97.9. The summed E-state index contributed by atoms with van der Waals surface area (Å²) in [4.78, 5) is 53.7. The Bertz CT molecular complexity index is 4650. The second-order valence-electron chi connectivity index (χ2n) is 27.7. The third kappa shape index (κ3) is 29.4. The van der Waals surface area contributed by atoms with Gasteiger partial charge in [0.05, 0.1) is 57.6 Å². The molecule has 0 aliphatic carbocycles. The first-order chi connectivity index (χ1) is 55.1. The average Bonchev–Trinajstić information content (AvgIpc) is 0.808. The van der Waals surface area contributed by atoms with Crippen molar-refractivity contribution in [2.24, 2.45) is 0 Å². The molecule has 0 radical (unpaired) electrons. The lowest BCUT2D eigenvalue weighted by Gasteiger charge is -2.34. The van der Waals surface area contributed by atoms with Crippen LogP contribution in [0.15, 0.2) is 251 Å². The molecular weight excluding hydrogens is 1560 g/mol. The van der Waals surface area contributed by atoms with E-state index in [4.69, 9.17) is 28.4 Å². The lowest BCUT2D eigenvalue weighted by Crippen LogP contribution is -2.48. The summed E-state index contributed by atoms with van der Waals surface area (Å²) in [5, 5.41) is 0. The first-order valence-corrected chi connectivity index (χ1v) is 42.4.